The maximum atomic E-state index is 5.81. The van der Waals surface area contributed by atoms with E-state index < -0.39 is 0 Å². The van der Waals surface area contributed by atoms with Crippen LogP contribution in [-0.2, 0) is 6.54 Å². The minimum Gasteiger partial charge on any atom is -0.398 e. The lowest BCUT2D eigenvalue weighted by Gasteiger charge is -2.07. The highest BCUT2D eigenvalue weighted by Gasteiger charge is 1.97. The lowest BCUT2D eigenvalue weighted by Crippen LogP contribution is -2.00. The molecule has 0 saturated heterocycles. The Hall–Kier alpha value is -1.48. The molecule has 3 heteroatoms. The number of hydrogen-bond donors (Lipinski definition) is 2. The molecule has 0 bridgehead atoms. The van der Waals surface area contributed by atoms with Crippen molar-refractivity contribution in [2.24, 2.45) is 0 Å². The highest BCUT2D eigenvalue weighted by molar-refractivity contribution is 9.10. The minimum absolute atomic E-state index is 0.771. The second-order valence-electron chi connectivity index (χ2n) is 3.58. The Labute approximate surface area is 104 Å². The third-order valence-corrected chi connectivity index (χ3v) is 3.05. The second kappa shape index (κ2) is 5.03. The quantitative estimate of drug-likeness (QED) is 0.840. The van der Waals surface area contributed by atoms with E-state index in [0.29, 0.717) is 0 Å². The van der Waals surface area contributed by atoms with Gasteiger partial charge in [0.25, 0.3) is 0 Å². The van der Waals surface area contributed by atoms with Crippen molar-refractivity contribution >= 4 is 27.3 Å². The molecule has 3 N–H and O–H groups in total. The Morgan fingerprint density at radius 3 is 2.50 bits per heavy atom. The fraction of sp³-hybridized carbons (Fsp3) is 0.0769. The van der Waals surface area contributed by atoms with Gasteiger partial charge in [0.05, 0.1) is 0 Å². The van der Waals surface area contributed by atoms with Gasteiger partial charge >= 0.3 is 0 Å². The van der Waals surface area contributed by atoms with E-state index in [1.165, 1.54) is 5.56 Å². The zero-order valence-corrected chi connectivity index (χ0v) is 10.4. The second-order valence-corrected chi connectivity index (χ2v) is 4.43. The first kappa shape index (κ1) is 11.0. The molecule has 0 unspecified atom stereocenters. The van der Waals surface area contributed by atoms with Crippen LogP contribution in [0.5, 0.6) is 0 Å². The molecule has 2 rings (SSSR count). The molecule has 0 amide bonds. The summed E-state index contributed by atoms with van der Waals surface area (Å²) < 4.78 is 0.941. The molecule has 2 nitrogen and oxygen atoms in total. The van der Waals surface area contributed by atoms with Gasteiger partial charge in [0.2, 0.25) is 0 Å². The summed E-state index contributed by atoms with van der Waals surface area (Å²) >= 11 is 3.38. The van der Waals surface area contributed by atoms with Crippen LogP contribution < -0.4 is 11.1 Å². The molecule has 82 valence electrons. The molecule has 0 heterocycles. The van der Waals surface area contributed by atoms with Crippen molar-refractivity contribution in [3.63, 3.8) is 0 Å². The minimum atomic E-state index is 0.771. The zero-order chi connectivity index (χ0) is 11.4. The van der Waals surface area contributed by atoms with Crippen molar-refractivity contribution in [3.05, 3.63) is 58.6 Å². The number of hydrogen-bond acceptors (Lipinski definition) is 2. The molecule has 0 aliphatic carbocycles. The summed E-state index contributed by atoms with van der Waals surface area (Å²) in [5.41, 5.74) is 8.87. The highest BCUT2D eigenvalue weighted by atomic mass is 79.9. The average molecular weight is 277 g/mol. The maximum absolute atomic E-state index is 5.81. The lowest BCUT2D eigenvalue weighted by atomic mass is 10.2. The molecular formula is C13H13BrN2. The molecule has 0 radical (unpaired) electrons. The van der Waals surface area contributed by atoms with Gasteiger partial charge in [-0.25, -0.2) is 0 Å². The predicted molar refractivity (Wildman–Crippen MR) is 72.3 cm³/mol. The Morgan fingerprint density at radius 1 is 1.06 bits per heavy atom. The van der Waals surface area contributed by atoms with Crippen LogP contribution >= 0.6 is 15.9 Å². The first-order chi connectivity index (χ1) is 7.75. The molecule has 0 aromatic heterocycles. The number of nitrogen functional groups attached to an aromatic ring is 1. The van der Waals surface area contributed by atoms with Crippen molar-refractivity contribution in [1.82, 2.24) is 0 Å². The summed E-state index contributed by atoms with van der Waals surface area (Å²) in [4.78, 5) is 0. The summed E-state index contributed by atoms with van der Waals surface area (Å²) in [6.45, 7) is 0.779. The normalized spacial score (nSPS) is 10.1. The SMILES string of the molecule is Nc1cc(CNc2ccccc2)ccc1Br. The fourth-order valence-electron chi connectivity index (χ4n) is 1.46. The van der Waals surface area contributed by atoms with Gasteiger partial charge in [0, 0.05) is 22.4 Å². The fourth-order valence-corrected chi connectivity index (χ4v) is 1.71. The van der Waals surface area contributed by atoms with Gasteiger partial charge in [-0.2, -0.15) is 0 Å². The van der Waals surface area contributed by atoms with E-state index in [-0.39, 0.29) is 0 Å². The standard InChI is InChI=1S/C13H13BrN2/c14-12-7-6-10(8-13(12)15)9-16-11-4-2-1-3-5-11/h1-8,16H,9,15H2. The van der Waals surface area contributed by atoms with Gasteiger partial charge in [-0.15, -0.1) is 0 Å². The van der Waals surface area contributed by atoms with Crippen LogP contribution in [0.15, 0.2) is 53.0 Å². The topological polar surface area (TPSA) is 38.0 Å². The average Bonchev–Trinajstić information content (AvgIpc) is 2.32. The molecule has 0 aliphatic heterocycles. The van der Waals surface area contributed by atoms with Crippen LogP contribution in [0.1, 0.15) is 5.56 Å². The van der Waals surface area contributed by atoms with Gasteiger partial charge < -0.3 is 11.1 Å². The van der Waals surface area contributed by atoms with Gasteiger partial charge in [-0.1, -0.05) is 24.3 Å². The number of para-hydroxylation sites is 1. The number of halogens is 1. The van der Waals surface area contributed by atoms with Crippen LogP contribution in [0.3, 0.4) is 0 Å². The van der Waals surface area contributed by atoms with Crippen molar-refractivity contribution in [3.8, 4) is 0 Å². The molecule has 0 spiro atoms. The predicted octanol–water partition coefficient (Wildman–Crippen LogP) is 3.64. The third kappa shape index (κ3) is 2.76. The Balaban J connectivity index is 2.03. The molecule has 0 aliphatic rings. The van der Waals surface area contributed by atoms with Gasteiger partial charge in [0.1, 0.15) is 0 Å². The molecule has 0 fully saturated rings. The Bertz CT molecular complexity index is 469. The first-order valence-corrected chi connectivity index (χ1v) is 5.88. The molecule has 2 aromatic carbocycles. The number of rotatable bonds is 3. The lowest BCUT2D eigenvalue weighted by molar-refractivity contribution is 1.15. The van der Waals surface area contributed by atoms with E-state index in [0.717, 1.165) is 22.4 Å². The smallest absolute Gasteiger partial charge is 0.0461 e. The van der Waals surface area contributed by atoms with Crippen molar-refractivity contribution in [2.75, 3.05) is 11.1 Å². The monoisotopic (exact) mass is 276 g/mol. The van der Waals surface area contributed by atoms with Crippen LogP contribution in [0.2, 0.25) is 0 Å². The molecular weight excluding hydrogens is 264 g/mol. The van der Waals surface area contributed by atoms with Crippen molar-refractivity contribution < 1.29 is 0 Å². The van der Waals surface area contributed by atoms with Crippen molar-refractivity contribution in [2.45, 2.75) is 6.54 Å². The van der Waals surface area contributed by atoms with Gasteiger partial charge in [-0.3, -0.25) is 0 Å². The first-order valence-electron chi connectivity index (χ1n) is 5.08. The molecule has 16 heavy (non-hydrogen) atoms. The van der Waals surface area contributed by atoms with Crippen LogP contribution in [0.25, 0.3) is 0 Å². The van der Waals surface area contributed by atoms with E-state index in [2.05, 4.69) is 27.3 Å². The van der Waals surface area contributed by atoms with Crippen LogP contribution in [0.4, 0.5) is 11.4 Å². The number of nitrogens with two attached hydrogens (primary N) is 1. The van der Waals surface area contributed by atoms with E-state index in [1.807, 2.05) is 42.5 Å². The largest absolute Gasteiger partial charge is 0.398 e. The molecule has 0 atom stereocenters. The van der Waals surface area contributed by atoms with E-state index in [1.54, 1.807) is 0 Å². The summed E-state index contributed by atoms with van der Waals surface area (Å²) in [7, 11) is 0. The third-order valence-electron chi connectivity index (χ3n) is 2.33. The summed E-state index contributed by atoms with van der Waals surface area (Å²) in [5, 5.41) is 3.34. The number of nitrogens with one attached hydrogen (secondary N) is 1. The van der Waals surface area contributed by atoms with Crippen molar-refractivity contribution in [1.29, 1.82) is 0 Å². The van der Waals surface area contributed by atoms with E-state index >= 15 is 0 Å². The van der Waals surface area contributed by atoms with E-state index in [9.17, 15) is 0 Å². The van der Waals surface area contributed by atoms with Gasteiger partial charge in [0.15, 0.2) is 0 Å². The van der Waals surface area contributed by atoms with Crippen LogP contribution in [0, 0.1) is 0 Å². The summed E-state index contributed by atoms with van der Waals surface area (Å²) in [5.74, 6) is 0. The van der Waals surface area contributed by atoms with E-state index in [4.69, 9.17) is 5.73 Å². The summed E-state index contributed by atoms with van der Waals surface area (Å²) in [6.07, 6.45) is 0. The van der Waals surface area contributed by atoms with Gasteiger partial charge in [-0.05, 0) is 45.8 Å². The maximum Gasteiger partial charge on any atom is 0.0461 e. The zero-order valence-electron chi connectivity index (χ0n) is 8.78. The highest BCUT2D eigenvalue weighted by Crippen LogP contribution is 2.20. The number of benzene rings is 2. The number of anilines is 2. The summed E-state index contributed by atoms with van der Waals surface area (Å²) in [6, 6.07) is 16.1. The molecule has 0 saturated carbocycles. The van der Waals surface area contributed by atoms with Crippen LogP contribution in [-0.4, -0.2) is 0 Å². The Kier molecular flexibility index (Phi) is 3.47. The Morgan fingerprint density at radius 2 is 1.81 bits per heavy atom. The molecule has 2 aromatic rings.